The highest BCUT2D eigenvalue weighted by Crippen LogP contribution is 2.42. The zero-order valence-corrected chi connectivity index (χ0v) is 12.1. The average Bonchev–Trinajstić information content (AvgIpc) is 2.80. The van der Waals surface area contributed by atoms with Gasteiger partial charge in [0.05, 0.1) is 19.9 Å². The number of nitrogens with zero attached hydrogens (tertiary/aromatic N) is 2. The van der Waals surface area contributed by atoms with Gasteiger partial charge in [0.1, 0.15) is 0 Å². The molecule has 1 heterocycles. The van der Waals surface area contributed by atoms with Gasteiger partial charge in [-0.25, -0.2) is 9.18 Å². The molecule has 1 N–H and O–H groups in total. The van der Waals surface area contributed by atoms with Crippen LogP contribution in [0.3, 0.4) is 0 Å². The summed E-state index contributed by atoms with van der Waals surface area (Å²) in [6, 6.07) is 2.72. The van der Waals surface area contributed by atoms with E-state index >= 15 is 0 Å². The number of methoxy groups -OCH3 is 2. The molecule has 1 aromatic heterocycles. The van der Waals surface area contributed by atoms with Gasteiger partial charge in [-0.3, -0.25) is 4.68 Å². The molecule has 2 rings (SSSR count). The Bertz CT molecular complexity index is 709. The molecule has 1 aromatic carbocycles. The number of benzene rings is 1. The lowest BCUT2D eigenvalue weighted by Gasteiger charge is -2.16. The predicted octanol–water partition coefficient (Wildman–Crippen LogP) is 2.25. The number of aromatic nitrogens is 2. The highest BCUT2D eigenvalue weighted by molar-refractivity contribution is 5.88. The highest BCUT2D eigenvalue weighted by atomic mass is 19.1. The van der Waals surface area contributed by atoms with Gasteiger partial charge in [0.25, 0.3) is 0 Å². The Hall–Kier alpha value is -2.57. The third-order valence-corrected chi connectivity index (χ3v) is 3.15. The Morgan fingerprint density at radius 1 is 1.29 bits per heavy atom. The fraction of sp³-hybridized carbons (Fsp3) is 0.286. The van der Waals surface area contributed by atoms with Gasteiger partial charge in [0.2, 0.25) is 0 Å². The summed E-state index contributed by atoms with van der Waals surface area (Å²) < 4.78 is 25.6. The van der Waals surface area contributed by atoms with Crippen molar-refractivity contribution in [2.75, 3.05) is 14.2 Å². The molecule has 112 valence electrons. The molecule has 6 nitrogen and oxygen atoms in total. The Kier molecular flexibility index (Phi) is 3.84. The van der Waals surface area contributed by atoms with Crippen molar-refractivity contribution in [3.8, 4) is 22.8 Å². The van der Waals surface area contributed by atoms with Crippen LogP contribution >= 0.6 is 0 Å². The number of carbonyl (C=O) groups is 1. The van der Waals surface area contributed by atoms with E-state index in [0.717, 1.165) is 0 Å². The first-order valence-corrected chi connectivity index (χ1v) is 6.09. The van der Waals surface area contributed by atoms with Gasteiger partial charge in [-0.2, -0.15) is 5.10 Å². The predicted molar refractivity (Wildman–Crippen MR) is 73.4 cm³/mol. The number of aryl methyl sites for hydroxylation is 2. The van der Waals surface area contributed by atoms with Gasteiger partial charge in [0.15, 0.2) is 23.0 Å². The van der Waals surface area contributed by atoms with E-state index in [-0.39, 0.29) is 17.2 Å². The summed E-state index contributed by atoms with van der Waals surface area (Å²) >= 11 is 0. The van der Waals surface area contributed by atoms with Crippen molar-refractivity contribution in [3.63, 3.8) is 0 Å². The van der Waals surface area contributed by atoms with E-state index in [1.807, 2.05) is 0 Å². The van der Waals surface area contributed by atoms with Crippen molar-refractivity contribution in [1.29, 1.82) is 0 Å². The highest BCUT2D eigenvalue weighted by Gasteiger charge is 2.23. The van der Waals surface area contributed by atoms with E-state index in [0.29, 0.717) is 16.8 Å². The largest absolute Gasteiger partial charge is 0.492 e. The molecule has 0 bridgehead atoms. The lowest BCUT2D eigenvalue weighted by Crippen LogP contribution is -2.02. The van der Waals surface area contributed by atoms with E-state index in [1.54, 1.807) is 14.0 Å². The Morgan fingerprint density at radius 2 is 1.90 bits per heavy atom. The summed E-state index contributed by atoms with van der Waals surface area (Å²) in [5.74, 6) is -1.51. The zero-order chi connectivity index (χ0) is 15.7. The minimum Gasteiger partial charge on any atom is -0.492 e. The maximum Gasteiger partial charge on any atom is 0.356 e. The van der Waals surface area contributed by atoms with Crippen LogP contribution in [0.4, 0.5) is 4.39 Å². The minimum absolute atomic E-state index is 0.0313. The summed E-state index contributed by atoms with van der Waals surface area (Å²) in [6.45, 7) is 1.70. The lowest BCUT2D eigenvalue weighted by atomic mass is 10.0. The van der Waals surface area contributed by atoms with E-state index in [1.165, 1.54) is 31.0 Å². The van der Waals surface area contributed by atoms with Crippen molar-refractivity contribution < 1.29 is 23.8 Å². The molecular weight excluding hydrogens is 279 g/mol. The van der Waals surface area contributed by atoms with Crippen LogP contribution < -0.4 is 9.47 Å². The van der Waals surface area contributed by atoms with Crippen LogP contribution in [0.25, 0.3) is 11.3 Å². The molecule has 2 aromatic rings. The standard InChI is InChI=1S/C14H15FN2O4/c1-7-5-8(15)12(20-3)13(21-4)11(7)10-6-9(14(18)19)16-17(10)2/h5-6H,1-4H3,(H,18,19). The monoisotopic (exact) mass is 294 g/mol. The molecule has 0 aliphatic carbocycles. The average molecular weight is 294 g/mol. The normalized spacial score (nSPS) is 10.5. The summed E-state index contributed by atoms with van der Waals surface area (Å²) in [6.07, 6.45) is 0. The first-order valence-electron chi connectivity index (χ1n) is 6.09. The fourth-order valence-corrected chi connectivity index (χ4v) is 2.24. The van der Waals surface area contributed by atoms with Crippen LogP contribution in [0.15, 0.2) is 12.1 Å². The number of aromatic carboxylic acids is 1. The molecule has 0 aliphatic rings. The quantitative estimate of drug-likeness (QED) is 0.936. The van der Waals surface area contributed by atoms with Gasteiger partial charge in [0, 0.05) is 12.6 Å². The molecule has 7 heteroatoms. The zero-order valence-electron chi connectivity index (χ0n) is 12.1. The Labute approximate surface area is 120 Å². The number of hydrogen-bond acceptors (Lipinski definition) is 4. The van der Waals surface area contributed by atoms with Crippen molar-refractivity contribution >= 4 is 5.97 Å². The third kappa shape index (κ3) is 2.42. The second-order valence-electron chi connectivity index (χ2n) is 4.46. The summed E-state index contributed by atoms with van der Waals surface area (Å²) in [5, 5.41) is 12.9. The number of hydrogen-bond donors (Lipinski definition) is 1. The van der Waals surface area contributed by atoms with Crippen LogP contribution in [-0.2, 0) is 7.05 Å². The smallest absolute Gasteiger partial charge is 0.356 e. The first-order chi connectivity index (χ1) is 9.90. The van der Waals surface area contributed by atoms with Gasteiger partial charge >= 0.3 is 5.97 Å². The van der Waals surface area contributed by atoms with Crippen LogP contribution in [0.1, 0.15) is 16.1 Å². The summed E-state index contributed by atoms with van der Waals surface area (Å²) in [4.78, 5) is 11.0. The number of halogens is 1. The van der Waals surface area contributed by atoms with E-state index in [2.05, 4.69) is 5.10 Å². The van der Waals surface area contributed by atoms with E-state index in [4.69, 9.17) is 14.6 Å². The van der Waals surface area contributed by atoms with Crippen LogP contribution in [0, 0.1) is 12.7 Å². The molecule has 0 radical (unpaired) electrons. The summed E-state index contributed by atoms with van der Waals surface area (Å²) in [5.41, 5.74) is 1.53. The molecule has 0 spiro atoms. The minimum atomic E-state index is -1.14. The lowest BCUT2D eigenvalue weighted by molar-refractivity contribution is 0.0689. The van der Waals surface area contributed by atoms with Gasteiger partial charge < -0.3 is 14.6 Å². The summed E-state index contributed by atoms with van der Waals surface area (Å²) in [7, 11) is 4.34. The molecule has 21 heavy (non-hydrogen) atoms. The fourth-order valence-electron chi connectivity index (χ4n) is 2.24. The maximum absolute atomic E-state index is 13.9. The molecule has 0 saturated heterocycles. The Morgan fingerprint density at radius 3 is 2.38 bits per heavy atom. The molecule has 0 fully saturated rings. The number of rotatable bonds is 4. The number of carboxylic acid groups (broad SMARTS) is 1. The topological polar surface area (TPSA) is 73.6 Å². The molecule has 0 saturated carbocycles. The van der Waals surface area contributed by atoms with Crippen LogP contribution in [-0.4, -0.2) is 35.1 Å². The molecule has 0 unspecified atom stereocenters. The van der Waals surface area contributed by atoms with Crippen molar-refractivity contribution in [3.05, 3.63) is 29.2 Å². The number of ether oxygens (including phenoxy) is 2. The van der Waals surface area contributed by atoms with Gasteiger partial charge in [-0.15, -0.1) is 0 Å². The second kappa shape index (κ2) is 5.43. The number of carboxylic acids is 1. The molecular formula is C14H15FN2O4. The molecule has 0 aliphatic heterocycles. The molecule has 0 atom stereocenters. The van der Waals surface area contributed by atoms with Crippen LogP contribution in [0.5, 0.6) is 11.5 Å². The van der Waals surface area contributed by atoms with Gasteiger partial charge in [-0.05, 0) is 24.6 Å². The van der Waals surface area contributed by atoms with Gasteiger partial charge in [-0.1, -0.05) is 0 Å². The van der Waals surface area contributed by atoms with E-state index < -0.39 is 11.8 Å². The third-order valence-electron chi connectivity index (χ3n) is 3.15. The first kappa shape index (κ1) is 14.8. The van der Waals surface area contributed by atoms with E-state index in [9.17, 15) is 9.18 Å². The van der Waals surface area contributed by atoms with Crippen molar-refractivity contribution in [2.24, 2.45) is 7.05 Å². The SMILES string of the molecule is COc1c(F)cc(C)c(-c2cc(C(=O)O)nn2C)c1OC. The Balaban J connectivity index is 2.77. The van der Waals surface area contributed by atoms with Crippen molar-refractivity contribution in [1.82, 2.24) is 9.78 Å². The maximum atomic E-state index is 13.9. The second-order valence-corrected chi connectivity index (χ2v) is 4.46. The van der Waals surface area contributed by atoms with Crippen molar-refractivity contribution in [2.45, 2.75) is 6.92 Å². The molecule has 0 amide bonds. The van der Waals surface area contributed by atoms with Crippen LogP contribution in [0.2, 0.25) is 0 Å².